The van der Waals surface area contributed by atoms with Crippen molar-refractivity contribution in [2.75, 3.05) is 7.11 Å². The van der Waals surface area contributed by atoms with Crippen molar-refractivity contribution in [3.63, 3.8) is 0 Å². The molecule has 76 valence electrons. The summed E-state index contributed by atoms with van der Waals surface area (Å²) in [6, 6.07) is 10.3. The van der Waals surface area contributed by atoms with Crippen molar-refractivity contribution in [3.8, 4) is 16.9 Å². The van der Waals surface area contributed by atoms with Gasteiger partial charge in [-0.05, 0) is 18.6 Å². The summed E-state index contributed by atoms with van der Waals surface area (Å²) < 4.78 is 5.14. The molecule has 0 bridgehead atoms. The number of rotatable bonds is 2. The molecular weight excluding hydrogens is 186 g/mol. The fourth-order valence-electron chi connectivity index (χ4n) is 1.43. The molecule has 0 aliphatic rings. The Morgan fingerprint density at radius 1 is 1.00 bits per heavy atom. The Morgan fingerprint density at radius 3 is 2.40 bits per heavy atom. The highest BCUT2D eigenvalue weighted by molar-refractivity contribution is 5.64. The third kappa shape index (κ3) is 2.15. The fourth-order valence-corrected chi connectivity index (χ4v) is 1.43. The molecule has 1 aromatic heterocycles. The van der Waals surface area contributed by atoms with E-state index in [9.17, 15) is 0 Å². The van der Waals surface area contributed by atoms with Crippen molar-refractivity contribution < 1.29 is 4.74 Å². The Kier molecular flexibility index (Phi) is 2.68. The van der Waals surface area contributed by atoms with E-state index in [4.69, 9.17) is 4.74 Å². The van der Waals surface area contributed by atoms with Crippen molar-refractivity contribution in [1.82, 2.24) is 4.98 Å². The first-order valence-electron chi connectivity index (χ1n) is 4.85. The average Bonchev–Trinajstić information content (AvgIpc) is 2.30. The van der Waals surface area contributed by atoms with Gasteiger partial charge in [-0.1, -0.05) is 29.8 Å². The van der Waals surface area contributed by atoms with Gasteiger partial charge in [0.2, 0.25) is 0 Å². The van der Waals surface area contributed by atoms with E-state index in [0.29, 0.717) is 0 Å². The van der Waals surface area contributed by atoms with Gasteiger partial charge in [-0.3, -0.25) is 4.98 Å². The van der Waals surface area contributed by atoms with Gasteiger partial charge in [0.25, 0.3) is 0 Å². The zero-order chi connectivity index (χ0) is 10.7. The molecule has 0 aliphatic heterocycles. The van der Waals surface area contributed by atoms with Crippen LogP contribution in [0.15, 0.2) is 42.7 Å². The first-order chi connectivity index (χ1) is 7.29. The Labute approximate surface area is 89.6 Å². The summed E-state index contributed by atoms with van der Waals surface area (Å²) in [5, 5.41) is 0. The van der Waals surface area contributed by atoms with Gasteiger partial charge in [-0.15, -0.1) is 0 Å². The highest BCUT2D eigenvalue weighted by Gasteiger charge is 1.99. The van der Waals surface area contributed by atoms with Crippen LogP contribution in [0, 0.1) is 6.92 Å². The van der Waals surface area contributed by atoms with Crippen molar-refractivity contribution in [2.24, 2.45) is 0 Å². The summed E-state index contributed by atoms with van der Waals surface area (Å²) in [5.74, 6) is 0.785. The highest BCUT2D eigenvalue weighted by Crippen LogP contribution is 2.22. The van der Waals surface area contributed by atoms with Crippen molar-refractivity contribution in [2.45, 2.75) is 6.92 Å². The van der Waals surface area contributed by atoms with E-state index >= 15 is 0 Å². The number of hydrogen-bond acceptors (Lipinski definition) is 2. The van der Waals surface area contributed by atoms with Crippen LogP contribution in [0.3, 0.4) is 0 Å². The van der Waals surface area contributed by atoms with Gasteiger partial charge in [0.05, 0.1) is 13.3 Å². The summed E-state index contributed by atoms with van der Waals surface area (Å²) in [7, 11) is 1.65. The Hall–Kier alpha value is -1.83. The SMILES string of the molecule is COc1cncc(-c2ccc(C)cc2)c1. The minimum Gasteiger partial charge on any atom is -0.495 e. The minimum atomic E-state index is 0.785. The summed E-state index contributed by atoms with van der Waals surface area (Å²) in [6.45, 7) is 2.08. The first kappa shape index (κ1) is 9.71. The molecule has 0 amide bonds. The van der Waals surface area contributed by atoms with Crippen molar-refractivity contribution in [3.05, 3.63) is 48.3 Å². The fraction of sp³-hybridized carbons (Fsp3) is 0.154. The van der Waals surface area contributed by atoms with Crippen molar-refractivity contribution in [1.29, 1.82) is 0 Å². The predicted molar refractivity (Wildman–Crippen MR) is 61.0 cm³/mol. The second kappa shape index (κ2) is 4.13. The lowest BCUT2D eigenvalue weighted by Gasteiger charge is -2.04. The van der Waals surface area contributed by atoms with Gasteiger partial charge < -0.3 is 4.74 Å². The third-order valence-corrected chi connectivity index (χ3v) is 2.33. The number of aryl methyl sites for hydroxylation is 1. The zero-order valence-electron chi connectivity index (χ0n) is 8.90. The zero-order valence-corrected chi connectivity index (χ0v) is 8.90. The smallest absolute Gasteiger partial charge is 0.137 e. The second-order valence-electron chi connectivity index (χ2n) is 3.48. The maximum atomic E-state index is 5.14. The molecule has 2 rings (SSSR count). The monoisotopic (exact) mass is 199 g/mol. The molecule has 0 radical (unpaired) electrons. The molecule has 2 nitrogen and oxygen atoms in total. The van der Waals surface area contributed by atoms with Crippen LogP contribution in [0.5, 0.6) is 5.75 Å². The van der Waals surface area contributed by atoms with Crippen LogP contribution in [-0.4, -0.2) is 12.1 Å². The number of hydrogen-bond donors (Lipinski definition) is 0. The van der Waals surface area contributed by atoms with Crippen LogP contribution < -0.4 is 4.74 Å². The van der Waals surface area contributed by atoms with Gasteiger partial charge >= 0.3 is 0 Å². The number of methoxy groups -OCH3 is 1. The van der Waals surface area contributed by atoms with Gasteiger partial charge in [0, 0.05) is 11.8 Å². The molecule has 0 saturated heterocycles. The van der Waals surface area contributed by atoms with Crippen molar-refractivity contribution >= 4 is 0 Å². The molecule has 15 heavy (non-hydrogen) atoms. The predicted octanol–water partition coefficient (Wildman–Crippen LogP) is 3.07. The third-order valence-electron chi connectivity index (χ3n) is 2.33. The van der Waals surface area contributed by atoms with Crippen LogP contribution in [0.4, 0.5) is 0 Å². The molecule has 1 heterocycles. The quantitative estimate of drug-likeness (QED) is 0.741. The van der Waals surface area contributed by atoms with Crippen LogP contribution in [0.1, 0.15) is 5.56 Å². The minimum absolute atomic E-state index is 0.785. The molecule has 0 N–H and O–H groups in total. The largest absolute Gasteiger partial charge is 0.495 e. The van der Waals surface area contributed by atoms with Gasteiger partial charge in [0.1, 0.15) is 5.75 Å². The summed E-state index contributed by atoms with van der Waals surface area (Å²) in [6.07, 6.45) is 3.55. The van der Waals surface area contributed by atoms with Crippen LogP contribution in [-0.2, 0) is 0 Å². The highest BCUT2D eigenvalue weighted by atomic mass is 16.5. The summed E-state index contributed by atoms with van der Waals surface area (Å²) in [4.78, 5) is 4.13. The molecule has 0 spiro atoms. The lowest BCUT2D eigenvalue weighted by molar-refractivity contribution is 0.413. The van der Waals surface area contributed by atoms with E-state index in [1.165, 1.54) is 5.56 Å². The van der Waals surface area contributed by atoms with E-state index in [1.54, 1.807) is 13.3 Å². The Balaban J connectivity index is 2.40. The van der Waals surface area contributed by atoms with E-state index in [1.807, 2.05) is 12.3 Å². The molecule has 0 aliphatic carbocycles. The van der Waals surface area contributed by atoms with E-state index in [2.05, 4.69) is 36.2 Å². The molecule has 0 fully saturated rings. The molecular formula is C13H13NO. The molecule has 0 saturated carbocycles. The maximum Gasteiger partial charge on any atom is 0.137 e. The van der Waals surface area contributed by atoms with Crippen LogP contribution in [0.2, 0.25) is 0 Å². The summed E-state index contributed by atoms with van der Waals surface area (Å²) in [5.41, 5.74) is 3.50. The van der Waals surface area contributed by atoms with Gasteiger partial charge in [-0.2, -0.15) is 0 Å². The molecule has 0 unspecified atom stereocenters. The van der Waals surface area contributed by atoms with Crippen LogP contribution in [0.25, 0.3) is 11.1 Å². The normalized spacial score (nSPS) is 10.0. The number of aromatic nitrogens is 1. The average molecular weight is 199 g/mol. The summed E-state index contributed by atoms with van der Waals surface area (Å²) >= 11 is 0. The lowest BCUT2D eigenvalue weighted by atomic mass is 10.1. The molecule has 2 heteroatoms. The molecule has 2 aromatic rings. The van der Waals surface area contributed by atoms with Gasteiger partial charge in [0.15, 0.2) is 0 Å². The van der Waals surface area contributed by atoms with E-state index < -0.39 is 0 Å². The topological polar surface area (TPSA) is 22.1 Å². The second-order valence-corrected chi connectivity index (χ2v) is 3.48. The Morgan fingerprint density at radius 2 is 1.73 bits per heavy atom. The lowest BCUT2D eigenvalue weighted by Crippen LogP contribution is -1.86. The standard InChI is InChI=1S/C13H13NO/c1-10-3-5-11(6-4-10)12-7-13(15-2)9-14-8-12/h3-9H,1-2H3. The maximum absolute atomic E-state index is 5.14. The first-order valence-corrected chi connectivity index (χ1v) is 4.85. The Bertz CT molecular complexity index is 448. The molecule has 0 atom stereocenters. The molecule has 1 aromatic carbocycles. The number of ether oxygens (including phenoxy) is 1. The van der Waals surface area contributed by atoms with Gasteiger partial charge in [-0.25, -0.2) is 0 Å². The van der Waals surface area contributed by atoms with Crippen LogP contribution >= 0.6 is 0 Å². The number of benzene rings is 1. The number of pyridine rings is 1. The van der Waals surface area contributed by atoms with E-state index in [-0.39, 0.29) is 0 Å². The number of nitrogens with zero attached hydrogens (tertiary/aromatic N) is 1. The van der Waals surface area contributed by atoms with E-state index in [0.717, 1.165) is 16.9 Å².